The van der Waals surface area contributed by atoms with E-state index in [-0.39, 0.29) is 23.5 Å². The normalized spacial score (nSPS) is 14.8. The van der Waals surface area contributed by atoms with Gasteiger partial charge < -0.3 is 0 Å². The van der Waals surface area contributed by atoms with Crippen molar-refractivity contribution < 1.29 is 21.6 Å². The summed E-state index contributed by atoms with van der Waals surface area (Å²) in [5.74, 6) is 0. The number of benzene rings is 1. The molecular weight excluding hydrogens is 415 g/mol. The predicted octanol–water partition coefficient (Wildman–Crippen LogP) is 4.30. The van der Waals surface area contributed by atoms with Crippen molar-refractivity contribution in [2.45, 2.75) is 77.9 Å². The first-order valence-electron chi connectivity index (χ1n) is 10.1. The summed E-state index contributed by atoms with van der Waals surface area (Å²) in [6.45, 7) is 9.34. The van der Waals surface area contributed by atoms with Gasteiger partial charge in [-0.3, -0.25) is 4.68 Å². The van der Waals surface area contributed by atoms with Crippen LogP contribution in [0.2, 0.25) is 0 Å². The largest absolute Gasteiger partial charge is 0.435 e. The van der Waals surface area contributed by atoms with Crippen LogP contribution in [0.5, 0.6) is 0 Å². The molecule has 0 saturated carbocycles. The zero-order valence-electron chi connectivity index (χ0n) is 18.0. The summed E-state index contributed by atoms with van der Waals surface area (Å²) in [5.41, 5.74) is 4.29. The van der Waals surface area contributed by atoms with Crippen molar-refractivity contribution in [2.75, 3.05) is 6.54 Å². The van der Waals surface area contributed by atoms with E-state index < -0.39 is 21.9 Å². The lowest BCUT2D eigenvalue weighted by Gasteiger charge is -2.19. The number of nitrogens with zero attached hydrogens (tertiary/aromatic N) is 2. The highest BCUT2D eigenvalue weighted by atomic mass is 32.2. The van der Waals surface area contributed by atoms with E-state index in [0.29, 0.717) is 36.1 Å². The first-order chi connectivity index (χ1) is 13.9. The second kappa shape index (κ2) is 8.00. The molecule has 1 aromatic heterocycles. The van der Waals surface area contributed by atoms with E-state index in [1.807, 2.05) is 20.8 Å². The number of hydrogen-bond acceptors (Lipinski definition) is 3. The Labute approximate surface area is 175 Å². The van der Waals surface area contributed by atoms with Crippen LogP contribution in [0.1, 0.15) is 57.6 Å². The van der Waals surface area contributed by atoms with E-state index in [1.165, 1.54) is 4.68 Å². The molecule has 9 heteroatoms. The topological polar surface area (TPSA) is 64.0 Å². The van der Waals surface area contributed by atoms with Crippen LogP contribution in [0.3, 0.4) is 0 Å². The molecule has 2 aromatic rings. The standard InChI is InChI=1S/C21H28F3N3O2S/c1-12-13(2)15(4)19(16(5)14(12)3)30(28,29)25-10-11-27-18-9-7-6-8-17(18)20(26-27)21(22,23)24/h25H,6-11H2,1-5H3. The first kappa shape index (κ1) is 22.8. The van der Waals surface area contributed by atoms with Crippen molar-refractivity contribution in [1.82, 2.24) is 14.5 Å². The lowest BCUT2D eigenvalue weighted by molar-refractivity contribution is -0.142. The number of alkyl halides is 3. The zero-order valence-corrected chi connectivity index (χ0v) is 18.8. The summed E-state index contributed by atoms with van der Waals surface area (Å²) in [6, 6.07) is 0. The zero-order chi connectivity index (χ0) is 22.4. The van der Waals surface area contributed by atoms with Gasteiger partial charge in [-0.05, 0) is 88.1 Å². The molecule has 0 radical (unpaired) electrons. The second-order valence-corrected chi connectivity index (χ2v) is 9.76. The molecule has 0 atom stereocenters. The minimum Gasteiger partial charge on any atom is -0.267 e. The van der Waals surface area contributed by atoms with Gasteiger partial charge in [0.05, 0.1) is 11.4 Å². The minimum atomic E-state index is -4.50. The number of hydrogen-bond donors (Lipinski definition) is 1. The van der Waals surface area contributed by atoms with E-state index in [0.717, 1.165) is 23.1 Å². The van der Waals surface area contributed by atoms with Gasteiger partial charge >= 0.3 is 6.18 Å². The van der Waals surface area contributed by atoms with Crippen LogP contribution in [0.25, 0.3) is 0 Å². The second-order valence-electron chi connectivity index (χ2n) is 8.05. The lowest BCUT2D eigenvalue weighted by atomic mass is 9.95. The van der Waals surface area contributed by atoms with Crippen LogP contribution < -0.4 is 4.72 Å². The van der Waals surface area contributed by atoms with Crippen molar-refractivity contribution in [1.29, 1.82) is 0 Å². The summed E-state index contributed by atoms with van der Waals surface area (Å²) in [6.07, 6.45) is -2.10. The molecule has 0 amide bonds. The van der Waals surface area contributed by atoms with Crippen LogP contribution in [-0.4, -0.2) is 24.7 Å². The molecular formula is C21H28F3N3O2S. The Kier molecular flexibility index (Phi) is 6.08. The highest BCUT2D eigenvalue weighted by Gasteiger charge is 2.39. The summed E-state index contributed by atoms with van der Waals surface area (Å²) in [5, 5.41) is 3.79. The van der Waals surface area contributed by atoms with Crippen molar-refractivity contribution in [3.05, 3.63) is 44.8 Å². The van der Waals surface area contributed by atoms with Gasteiger partial charge in [-0.1, -0.05) is 0 Å². The third-order valence-corrected chi connectivity index (χ3v) is 8.07. The van der Waals surface area contributed by atoms with Crippen LogP contribution in [0.15, 0.2) is 4.90 Å². The van der Waals surface area contributed by atoms with E-state index >= 15 is 0 Å². The van der Waals surface area contributed by atoms with Crippen molar-refractivity contribution in [2.24, 2.45) is 0 Å². The monoisotopic (exact) mass is 443 g/mol. The van der Waals surface area contributed by atoms with E-state index in [2.05, 4.69) is 9.82 Å². The maximum absolute atomic E-state index is 13.3. The molecule has 166 valence electrons. The SMILES string of the molecule is Cc1c(C)c(C)c(S(=O)(=O)NCCn2nc(C(F)(F)F)c3c2CCCC3)c(C)c1C. The van der Waals surface area contributed by atoms with E-state index in [9.17, 15) is 21.6 Å². The van der Waals surface area contributed by atoms with Crippen LogP contribution in [0.4, 0.5) is 13.2 Å². The van der Waals surface area contributed by atoms with E-state index in [4.69, 9.17) is 0 Å². The fourth-order valence-corrected chi connectivity index (χ4v) is 5.93. The molecule has 0 unspecified atom stereocenters. The Morgan fingerprint density at radius 2 is 1.47 bits per heavy atom. The van der Waals surface area contributed by atoms with Gasteiger partial charge in [0.25, 0.3) is 0 Å². The Balaban J connectivity index is 1.85. The molecule has 3 rings (SSSR count). The molecule has 0 aliphatic heterocycles. The number of rotatable bonds is 5. The fourth-order valence-electron chi connectivity index (χ4n) is 4.31. The Morgan fingerprint density at radius 3 is 2.03 bits per heavy atom. The molecule has 30 heavy (non-hydrogen) atoms. The Bertz CT molecular complexity index is 1060. The molecule has 0 saturated heterocycles. The Morgan fingerprint density at radius 1 is 0.933 bits per heavy atom. The van der Waals surface area contributed by atoms with E-state index in [1.54, 1.807) is 13.8 Å². The van der Waals surface area contributed by atoms with Gasteiger partial charge in [0.15, 0.2) is 5.69 Å². The van der Waals surface area contributed by atoms with Gasteiger partial charge in [-0.2, -0.15) is 18.3 Å². The number of aromatic nitrogens is 2. The molecule has 1 aromatic carbocycles. The fraction of sp³-hybridized carbons (Fsp3) is 0.571. The smallest absolute Gasteiger partial charge is 0.267 e. The molecule has 0 spiro atoms. The minimum absolute atomic E-state index is 0.0292. The number of nitrogens with one attached hydrogen (secondary N) is 1. The lowest BCUT2D eigenvalue weighted by Crippen LogP contribution is -2.30. The van der Waals surface area contributed by atoms with Gasteiger partial charge in [0.2, 0.25) is 10.0 Å². The van der Waals surface area contributed by atoms with Gasteiger partial charge in [0, 0.05) is 17.8 Å². The molecule has 1 heterocycles. The summed E-state index contributed by atoms with van der Waals surface area (Å²) in [7, 11) is -3.81. The van der Waals surface area contributed by atoms with Gasteiger partial charge in [-0.15, -0.1) is 0 Å². The molecule has 1 N–H and O–H groups in total. The maximum atomic E-state index is 13.3. The predicted molar refractivity (Wildman–Crippen MR) is 109 cm³/mol. The van der Waals surface area contributed by atoms with Gasteiger partial charge in [-0.25, -0.2) is 13.1 Å². The third-order valence-electron chi connectivity index (χ3n) is 6.34. The molecule has 1 aliphatic carbocycles. The maximum Gasteiger partial charge on any atom is 0.435 e. The summed E-state index contributed by atoms with van der Waals surface area (Å²) < 4.78 is 69.9. The summed E-state index contributed by atoms with van der Waals surface area (Å²) >= 11 is 0. The number of sulfonamides is 1. The summed E-state index contributed by atoms with van der Waals surface area (Å²) in [4.78, 5) is 0.251. The van der Waals surface area contributed by atoms with Crippen molar-refractivity contribution in [3.63, 3.8) is 0 Å². The van der Waals surface area contributed by atoms with Crippen molar-refractivity contribution in [3.8, 4) is 0 Å². The van der Waals surface area contributed by atoms with Crippen LogP contribution >= 0.6 is 0 Å². The Hall–Kier alpha value is -1.87. The number of fused-ring (bicyclic) bond motifs is 1. The highest BCUT2D eigenvalue weighted by Crippen LogP contribution is 2.36. The number of halogens is 3. The third kappa shape index (κ3) is 4.01. The van der Waals surface area contributed by atoms with Crippen LogP contribution in [-0.2, 0) is 35.6 Å². The van der Waals surface area contributed by atoms with Crippen LogP contribution in [0, 0.1) is 34.6 Å². The first-order valence-corrected chi connectivity index (χ1v) is 11.6. The molecule has 5 nitrogen and oxygen atoms in total. The van der Waals surface area contributed by atoms with Gasteiger partial charge in [0.1, 0.15) is 0 Å². The molecule has 0 bridgehead atoms. The average Bonchev–Trinajstić information content (AvgIpc) is 3.04. The molecule has 0 fully saturated rings. The van der Waals surface area contributed by atoms with Crippen molar-refractivity contribution >= 4 is 10.0 Å². The quantitative estimate of drug-likeness (QED) is 0.749. The average molecular weight is 444 g/mol. The molecule has 1 aliphatic rings. The highest BCUT2D eigenvalue weighted by molar-refractivity contribution is 7.89.